The lowest BCUT2D eigenvalue weighted by molar-refractivity contribution is 0.0850. The molecule has 0 N–H and O–H groups in total. The molecule has 0 spiro atoms. The number of rotatable bonds is 7. The highest BCUT2D eigenvalue weighted by atomic mass is 19.1. The summed E-state index contributed by atoms with van der Waals surface area (Å²) in [6.07, 6.45) is 16.3. The molecule has 0 bridgehead atoms. The van der Waals surface area contributed by atoms with Crippen molar-refractivity contribution in [3.63, 3.8) is 0 Å². The molecule has 2 aliphatic carbocycles. The minimum atomic E-state index is -0.119. The average Bonchev–Trinajstić information content (AvgIpc) is 3.51. The molecule has 0 atom stereocenters. The lowest BCUT2D eigenvalue weighted by Gasteiger charge is -2.32. The van der Waals surface area contributed by atoms with E-state index >= 15 is 0 Å². The van der Waals surface area contributed by atoms with Crippen LogP contribution in [0.3, 0.4) is 0 Å². The Kier molecular flexibility index (Phi) is 6.27. The van der Waals surface area contributed by atoms with Crippen LogP contribution in [0.25, 0.3) is 0 Å². The molecule has 1 aliphatic heterocycles. The van der Waals surface area contributed by atoms with Crippen LogP contribution in [0.4, 0.5) is 4.39 Å². The Labute approximate surface area is 157 Å². The molecular weight excluding hydrogens is 327 g/mol. The van der Waals surface area contributed by atoms with Gasteiger partial charge in [0.1, 0.15) is 5.82 Å². The van der Waals surface area contributed by atoms with Gasteiger partial charge in [0.25, 0.3) is 0 Å². The summed E-state index contributed by atoms with van der Waals surface area (Å²) in [5.74, 6) is 3.33. The summed E-state index contributed by atoms with van der Waals surface area (Å²) in [4.78, 5) is 9.70. The van der Waals surface area contributed by atoms with E-state index in [-0.39, 0.29) is 12.1 Å². The molecule has 144 valence electrons. The van der Waals surface area contributed by atoms with E-state index in [4.69, 9.17) is 9.78 Å². The van der Waals surface area contributed by atoms with Crippen molar-refractivity contribution in [2.75, 3.05) is 0 Å². The topological polar surface area (TPSA) is 25.1 Å². The molecule has 3 heteroatoms. The van der Waals surface area contributed by atoms with Crippen LogP contribution in [0.5, 0.6) is 0 Å². The molecular formula is C23H33FO2. The standard InChI is InChI=1S/C23H33FO2/c24-22-14-12-21(13-15-22)20-10-7-19(8-11-20)6-3-17-1-4-18(5-2-17)9-16-23-25-26-23/h12-15,17-20,23H,1-11,16H2. The summed E-state index contributed by atoms with van der Waals surface area (Å²) in [5, 5.41) is 0. The third-order valence-corrected chi connectivity index (χ3v) is 7.18. The van der Waals surface area contributed by atoms with Crippen molar-refractivity contribution in [3.8, 4) is 0 Å². The molecule has 0 aromatic heterocycles. The van der Waals surface area contributed by atoms with Gasteiger partial charge in [-0.3, -0.25) is 0 Å². The minimum Gasteiger partial charge on any atom is -0.207 e. The van der Waals surface area contributed by atoms with Crippen LogP contribution in [0.1, 0.15) is 88.5 Å². The fourth-order valence-electron chi connectivity index (χ4n) is 5.31. The van der Waals surface area contributed by atoms with Gasteiger partial charge in [-0.1, -0.05) is 50.7 Å². The Balaban J connectivity index is 1.11. The number of hydrogen-bond donors (Lipinski definition) is 0. The first-order chi connectivity index (χ1) is 12.8. The van der Waals surface area contributed by atoms with Gasteiger partial charge >= 0.3 is 0 Å². The highest BCUT2D eigenvalue weighted by Crippen LogP contribution is 2.40. The fraction of sp³-hybridized carbons (Fsp3) is 0.739. The average molecular weight is 361 g/mol. The van der Waals surface area contributed by atoms with Gasteiger partial charge in [-0.25, -0.2) is 4.39 Å². The van der Waals surface area contributed by atoms with Crippen molar-refractivity contribution >= 4 is 0 Å². The Hall–Kier alpha value is -0.930. The monoisotopic (exact) mass is 360 g/mol. The van der Waals surface area contributed by atoms with E-state index < -0.39 is 0 Å². The maximum absolute atomic E-state index is 13.1. The van der Waals surface area contributed by atoms with Crippen molar-refractivity contribution < 1.29 is 14.2 Å². The summed E-state index contributed by atoms with van der Waals surface area (Å²) in [5.41, 5.74) is 1.34. The van der Waals surface area contributed by atoms with E-state index in [1.54, 1.807) is 12.1 Å². The Morgan fingerprint density at radius 2 is 1.12 bits per heavy atom. The van der Waals surface area contributed by atoms with Crippen LogP contribution in [-0.4, -0.2) is 6.29 Å². The van der Waals surface area contributed by atoms with Gasteiger partial charge in [-0.15, -0.1) is 0 Å². The molecule has 1 heterocycles. The number of benzene rings is 1. The Morgan fingerprint density at radius 1 is 0.654 bits per heavy atom. The molecule has 2 nitrogen and oxygen atoms in total. The lowest BCUT2D eigenvalue weighted by atomic mass is 9.74. The van der Waals surface area contributed by atoms with Crippen molar-refractivity contribution in [3.05, 3.63) is 35.6 Å². The second-order valence-electron chi connectivity index (χ2n) is 8.93. The molecule has 4 rings (SSSR count). The van der Waals surface area contributed by atoms with E-state index in [9.17, 15) is 4.39 Å². The molecule has 3 aliphatic rings. The highest BCUT2D eigenvalue weighted by molar-refractivity contribution is 5.20. The quantitative estimate of drug-likeness (QED) is 0.397. The summed E-state index contributed by atoms with van der Waals surface area (Å²) in [6, 6.07) is 7.20. The molecule has 0 unspecified atom stereocenters. The summed E-state index contributed by atoms with van der Waals surface area (Å²) < 4.78 is 13.1. The predicted molar refractivity (Wildman–Crippen MR) is 101 cm³/mol. The Bertz CT molecular complexity index is 538. The zero-order valence-corrected chi connectivity index (χ0v) is 15.9. The van der Waals surface area contributed by atoms with E-state index in [1.807, 2.05) is 12.1 Å². The molecule has 3 fully saturated rings. The number of hydrogen-bond acceptors (Lipinski definition) is 2. The van der Waals surface area contributed by atoms with E-state index in [0.29, 0.717) is 5.92 Å². The minimum absolute atomic E-state index is 0.119. The van der Waals surface area contributed by atoms with E-state index in [1.165, 1.54) is 76.2 Å². The molecule has 1 saturated heterocycles. The summed E-state index contributed by atoms with van der Waals surface area (Å²) in [6.45, 7) is 0. The third-order valence-electron chi connectivity index (χ3n) is 7.18. The van der Waals surface area contributed by atoms with Crippen LogP contribution in [-0.2, 0) is 9.78 Å². The van der Waals surface area contributed by atoms with Gasteiger partial charge in [-0.05, 0) is 73.5 Å². The normalized spacial score (nSPS) is 32.5. The van der Waals surface area contributed by atoms with Gasteiger partial charge in [0, 0.05) is 6.42 Å². The molecule has 0 radical (unpaired) electrons. The first-order valence-corrected chi connectivity index (χ1v) is 10.8. The summed E-state index contributed by atoms with van der Waals surface area (Å²) >= 11 is 0. The maximum atomic E-state index is 13.1. The van der Waals surface area contributed by atoms with Crippen LogP contribution < -0.4 is 0 Å². The van der Waals surface area contributed by atoms with Gasteiger partial charge in [-0.2, -0.15) is 9.78 Å². The first kappa shape index (κ1) is 18.4. The van der Waals surface area contributed by atoms with Gasteiger partial charge < -0.3 is 0 Å². The second-order valence-corrected chi connectivity index (χ2v) is 8.93. The SMILES string of the molecule is Fc1ccc(C2CCC(CCC3CCC(CCC4OO4)CC3)CC2)cc1. The van der Waals surface area contributed by atoms with Gasteiger partial charge in [0.15, 0.2) is 0 Å². The van der Waals surface area contributed by atoms with E-state index in [2.05, 4.69) is 0 Å². The third kappa shape index (κ3) is 5.29. The molecule has 26 heavy (non-hydrogen) atoms. The van der Waals surface area contributed by atoms with Gasteiger partial charge in [0.2, 0.25) is 6.29 Å². The van der Waals surface area contributed by atoms with Crippen molar-refractivity contribution in [1.29, 1.82) is 0 Å². The highest BCUT2D eigenvalue weighted by Gasteiger charge is 2.29. The second kappa shape index (κ2) is 8.84. The van der Waals surface area contributed by atoms with E-state index in [0.717, 1.165) is 24.2 Å². The largest absolute Gasteiger partial charge is 0.224 e. The van der Waals surface area contributed by atoms with Crippen LogP contribution >= 0.6 is 0 Å². The van der Waals surface area contributed by atoms with Crippen LogP contribution in [0, 0.1) is 23.6 Å². The Morgan fingerprint density at radius 3 is 1.62 bits per heavy atom. The first-order valence-electron chi connectivity index (χ1n) is 10.8. The van der Waals surface area contributed by atoms with Gasteiger partial charge in [0.05, 0.1) is 0 Å². The smallest absolute Gasteiger partial charge is 0.207 e. The zero-order chi connectivity index (χ0) is 17.8. The zero-order valence-electron chi connectivity index (χ0n) is 15.9. The maximum Gasteiger partial charge on any atom is 0.224 e. The van der Waals surface area contributed by atoms with Crippen LogP contribution in [0.15, 0.2) is 24.3 Å². The van der Waals surface area contributed by atoms with Crippen LogP contribution in [0.2, 0.25) is 0 Å². The molecule has 1 aromatic carbocycles. The van der Waals surface area contributed by atoms with Crippen molar-refractivity contribution in [2.45, 2.75) is 89.3 Å². The van der Waals surface area contributed by atoms with Crippen molar-refractivity contribution in [2.24, 2.45) is 17.8 Å². The van der Waals surface area contributed by atoms with Crippen molar-refractivity contribution in [1.82, 2.24) is 0 Å². The number of halogens is 1. The lowest BCUT2D eigenvalue weighted by Crippen LogP contribution is -2.18. The molecule has 0 amide bonds. The molecule has 1 aromatic rings. The molecule has 2 saturated carbocycles. The summed E-state index contributed by atoms with van der Waals surface area (Å²) in [7, 11) is 0. The fourth-order valence-corrected chi connectivity index (χ4v) is 5.31. The predicted octanol–water partition coefficient (Wildman–Crippen LogP) is 6.75.